The topological polar surface area (TPSA) is 21.3 Å². The Hall–Kier alpha value is -1.00. The summed E-state index contributed by atoms with van der Waals surface area (Å²) in [5.41, 5.74) is 0.964. The molecule has 1 aromatic carbocycles. The molecular formula is C12H17F2NO. The summed E-state index contributed by atoms with van der Waals surface area (Å²) in [6.45, 7) is 2.15. The second-order valence-electron chi connectivity index (χ2n) is 3.57. The number of halogens is 2. The summed E-state index contributed by atoms with van der Waals surface area (Å²) in [7, 11) is 1.66. The Morgan fingerprint density at radius 1 is 1.38 bits per heavy atom. The van der Waals surface area contributed by atoms with Crippen molar-refractivity contribution >= 4 is 0 Å². The monoisotopic (exact) mass is 229 g/mol. The minimum atomic E-state index is -2.39. The van der Waals surface area contributed by atoms with Crippen molar-refractivity contribution in [1.29, 1.82) is 0 Å². The minimum absolute atomic E-state index is 0.0798. The molecule has 1 aromatic rings. The Labute approximate surface area is 94.6 Å². The molecule has 0 aliphatic rings. The smallest absolute Gasteiger partial charge is 0.263 e. The van der Waals surface area contributed by atoms with Gasteiger partial charge in [0, 0.05) is 25.8 Å². The van der Waals surface area contributed by atoms with Crippen molar-refractivity contribution in [2.45, 2.75) is 19.4 Å². The molecule has 0 aliphatic carbocycles. The second kappa shape index (κ2) is 7.30. The van der Waals surface area contributed by atoms with Crippen LogP contribution in [0.15, 0.2) is 24.3 Å². The van der Waals surface area contributed by atoms with Crippen LogP contribution in [0.1, 0.15) is 24.0 Å². The fourth-order valence-electron chi connectivity index (χ4n) is 1.41. The highest BCUT2D eigenvalue weighted by Gasteiger charge is 2.06. The van der Waals surface area contributed by atoms with Gasteiger partial charge in [0.25, 0.3) is 6.43 Å². The third kappa shape index (κ3) is 4.68. The molecule has 0 aliphatic heterocycles. The van der Waals surface area contributed by atoms with Crippen LogP contribution in [0.3, 0.4) is 0 Å². The first-order valence-electron chi connectivity index (χ1n) is 5.30. The first kappa shape index (κ1) is 13.1. The number of hydrogen-bond acceptors (Lipinski definition) is 2. The molecule has 16 heavy (non-hydrogen) atoms. The molecule has 1 rings (SSSR count). The van der Waals surface area contributed by atoms with Crippen molar-refractivity contribution in [3.63, 3.8) is 0 Å². The summed E-state index contributed by atoms with van der Waals surface area (Å²) in [5, 5.41) is 3.18. The number of nitrogens with one attached hydrogen (secondary N) is 1. The van der Waals surface area contributed by atoms with Crippen molar-refractivity contribution in [1.82, 2.24) is 5.32 Å². The van der Waals surface area contributed by atoms with Gasteiger partial charge in [-0.25, -0.2) is 8.78 Å². The van der Waals surface area contributed by atoms with Crippen LogP contribution in [-0.2, 0) is 11.3 Å². The fourth-order valence-corrected chi connectivity index (χ4v) is 1.41. The van der Waals surface area contributed by atoms with E-state index in [9.17, 15) is 8.78 Å². The molecule has 2 nitrogen and oxygen atoms in total. The number of alkyl halides is 2. The maximum atomic E-state index is 12.4. The van der Waals surface area contributed by atoms with E-state index in [1.165, 1.54) is 12.1 Å². The minimum Gasteiger partial charge on any atom is -0.385 e. The molecular weight excluding hydrogens is 212 g/mol. The zero-order valence-corrected chi connectivity index (χ0v) is 9.38. The van der Waals surface area contributed by atoms with E-state index in [4.69, 9.17) is 4.74 Å². The Morgan fingerprint density at radius 2 is 2.19 bits per heavy atom. The van der Waals surface area contributed by atoms with Gasteiger partial charge in [-0.05, 0) is 24.6 Å². The van der Waals surface area contributed by atoms with Gasteiger partial charge in [0.05, 0.1) is 0 Å². The maximum Gasteiger partial charge on any atom is 0.263 e. The van der Waals surface area contributed by atoms with Crippen molar-refractivity contribution in [2.75, 3.05) is 20.3 Å². The molecule has 0 saturated carbocycles. The van der Waals surface area contributed by atoms with Crippen LogP contribution in [-0.4, -0.2) is 20.3 Å². The van der Waals surface area contributed by atoms with Gasteiger partial charge >= 0.3 is 0 Å². The molecule has 90 valence electrons. The third-order valence-electron chi connectivity index (χ3n) is 2.23. The fraction of sp³-hybridized carbons (Fsp3) is 0.500. The zero-order chi connectivity index (χ0) is 11.8. The van der Waals surface area contributed by atoms with Gasteiger partial charge in [-0.15, -0.1) is 0 Å². The van der Waals surface area contributed by atoms with Crippen molar-refractivity contribution < 1.29 is 13.5 Å². The predicted molar refractivity (Wildman–Crippen MR) is 59.6 cm³/mol. The number of rotatable bonds is 7. The SMILES string of the molecule is COCCCNCc1cccc(C(F)F)c1. The third-order valence-corrected chi connectivity index (χ3v) is 2.23. The van der Waals surface area contributed by atoms with Gasteiger partial charge in [0.2, 0.25) is 0 Å². The Bertz CT molecular complexity index is 305. The lowest BCUT2D eigenvalue weighted by atomic mass is 10.1. The van der Waals surface area contributed by atoms with Crippen molar-refractivity contribution in [2.24, 2.45) is 0 Å². The quantitative estimate of drug-likeness (QED) is 0.726. The van der Waals surface area contributed by atoms with Crippen LogP contribution in [0.2, 0.25) is 0 Å². The lowest BCUT2D eigenvalue weighted by Crippen LogP contribution is -2.16. The summed E-state index contributed by atoms with van der Waals surface area (Å²) in [6, 6.07) is 6.48. The molecule has 1 N–H and O–H groups in total. The molecule has 0 unspecified atom stereocenters. The Morgan fingerprint density at radius 3 is 2.88 bits per heavy atom. The summed E-state index contributed by atoms with van der Waals surface area (Å²) < 4.78 is 29.7. The number of methoxy groups -OCH3 is 1. The average molecular weight is 229 g/mol. The van der Waals surface area contributed by atoms with Gasteiger partial charge in [0.1, 0.15) is 0 Å². The second-order valence-corrected chi connectivity index (χ2v) is 3.57. The molecule has 0 fully saturated rings. The first-order chi connectivity index (χ1) is 7.74. The number of benzene rings is 1. The van der Waals surface area contributed by atoms with Crippen LogP contribution in [0.25, 0.3) is 0 Å². The molecule has 0 amide bonds. The molecule has 0 radical (unpaired) electrons. The van der Waals surface area contributed by atoms with E-state index in [1.807, 2.05) is 6.07 Å². The summed E-state index contributed by atoms with van der Waals surface area (Å²) in [6.07, 6.45) is -1.47. The Balaban J connectivity index is 2.33. The largest absolute Gasteiger partial charge is 0.385 e. The molecule has 0 heterocycles. The molecule has 0 aromatic heterocycles. The summed E-state index contributed by atoms with van der Waals surface area (Å²) in [4.78, 5) is 0. The van der Waals surface area contributed by atoms with Crippen molar-refractivity contribution in [3.05, 3.63) is 35.4 Å². The number of ether oxygens (including phenoxy) is 1. The van der Waals surface area contributed by atoms with Gasteiger partial charge in [0.15, 0.2) is 0 Å². The van der Waals surface area contributed by atoms with E-state index in [2.05, 4.69) is 5.32 Å². The van der Waals surface area contributed by atoms with Crippen LogP contribution in [0.4, 0.5) is 8.78 Å². The molecule has 0 atom stereocenters. The average Bonchev–Trinajstić information content (AvgIpc) is 2.29. The highest BCUT2D eigenvalue weighted by atomic mass is 19.3. The first-order valence-corrected chi connectivity index (χ1v) is 5.30. The van der Waals surface area contributed by atoms with E-state index in [0.717, 1.165) is 18.5 Å². The lowest BCUT2D eigenvalue weighted by molar-refractivity contribution is 0.151. The maximum absolute atomic E-state index is 12.4. The van der Waals surface area contributed by atoms with E-state index < -0.39 is 6.43 Å². The van der Waals surface area contributed by atoms with E-state index in [-0.39, 0.29) is 5.56 Å². The normalized spacial score (nSPS) is 11.0. The van der Waals surface area contributed by atoms with Gasteiger partial charge in [-0.3, -0.25) is 0 Å². The predicted octanol–water partition coefficient (Wildman–Crippen LogP) is 2.75. The van der Waals surface area contributed by atoms with Gasteiger partial charge < -0.3 is 10.1 Å². The summed E-state index contributed by atoms with van der Waals surface area (Å²) in [5.74, 6) is 0. The van der Waals surface area contributed by atoms with E-state index in [1.54, 1.807) is 13.2 Å². The molecule has 0 saturated heterocycles. The number of hydrogen-bond donors (Lipinski definition) is 1. The lowest BCUT2D eigenvalue weighted by Gasteiger charge is -2.06. The van der Waals surface area contributed by atoms with E-state index in [0.29, 0.717) is 13.2 Å². The van der Waals surface area contributed by atoms with E-state index >= 15 is 0 Å². The standard InChI is InChI=1S/C12H17F2NO/c1-16-7-3-6-15-9-10-4-2-5-11(8-10)12(13)14/h2,4-5,8,12,15H,3,6-7,9H2,1H3. The van der Waals surface area contributed by atoms with Crippen LogP contribution >= 0.6 is 0 Å². The highest BCUT2D eigenvalue weighted by molar-refractivity contribution is 5.24. The zero-order valence-electron chi connectivity index (χ0n) is 9.38. The van der Waals surface area contributed by atoms with Crippen LogP contribution in [0, 0.1) is 0 Å². The molecule has 0 bridgehead atoms. The van der Waals surface area contributed by atoms with Crippen LogP contribution < -0.4 is 5.32 Å². The van der Waals surface area contributed by atoms with Crippen molar-refractivity contribution in [3.8, 4) is 0 Å². The van der Waals surface area contributed by atoms with Gasteiger partial charge in [-0.2, -0.15) is 0 Å². The Kier molecular flexibility index (Phi) is 5.96. The van der Waals surface area contributed by atoms with Gasteiger partial charge in [-0.1, -0.05) is 18.2 Å². The molecule has 4 heteroatoms. The van der Waals surface area contributed by atoms with Crippen LogP contribution in [0.5, 0.6) is 0 Å². The highest BCUT2D eigenvalue weighted by Crippen LogP contribution is 2.19. The summed E-state index contributed by atoms with van der Waals surface area (Å²) >= 11 is 0. The molecule has 0 spiro atoms.